The van der Waals surface area contributed by atoms with E-state index in [4.69, 9.17) is 0 Å². The van der Waals surface area contributed by atoms with Gasteiger partial charge in [0.2, 0.25) is 0 Å². The monoisotopic (exact) mass is 247 g/mol. The molecule has 94 valence electrons. The van der Waals surface area contributed by atoms with Gasteiger partial charge in [-0.3, -0.25) is 4.79 Å². The summed E-state index contributed by atoms with van der Waals surface area (Å²) < 4.78 is 39.3. The summed E-state index contributed by atoms with van der Waals surface area (Å²) >= 11 is 0. The third-order valence-corrected chi connectivity index (χ3v) is 1.93. The Balaban J connectivity index is 2.59. The molecule has 0 unspecified atom stereocenters. The molecule has 0 saturated carbocycles. The fourth-order valence-electron chi connectivity index (χ4n) is 1.30. The van der Waals surface area contributed by atoms with E-state index in [2.05, 4.69) is 10.1 Å². The Labute approximate surface area is 96.6 Å². The summed E-state index contributed by atoms with van der Waals surface area (Å²) in [5, 5.41) is 2.71. The molecule has 6 heteroatoms. The molecule has 1 aromatic rings. The fraction of sp³-hybridized carbons (Fsp3) is 0.364. The molecular formula is C11H12F3NO2. The first-order valence-corrected chi connectivity index (χ1v) is 4.91. The Hall–Kier alpha value is -1.56. The summed E-state index contributed by atoms with van der Waals surface area (Å²) in [7, 11) is 1.65. The first-order valence-electron chi connectivity index (χ1n) is 4.91. The van der Waals surface area contributed by atoms with E-state index >= 15 is 0 Å². The summed E-state index contributed by atoms with van der Waals surface area (Å²) in [4.78, 5) is 11.3. The van der Waals surface area contributed by atoms with Crippen molar-refractivity contribution in [2.45, 2.75) is 12.8 Å². The number of rotatable bonds is 5. The number of ketones is 1. The van der Waals surface area contributed by atoms with Crippen molar-refractivity contribution in [1.29, 1.82) is 0 Å². The van der Waals surface area contributed by atoms with Crippen molar-refractivity contribution in [3.63, 3.8) is 0 Å². The van der Waals surface area contributed by atoms with Gasteiger partial charge in [0.05, 0.1) is 6.54 Å². The number of benzene rings is 1. The van der Waals surface area contributed by atoms with Crippen LogP contribution in [0.2, 0.25) is 0 Å². The molecule has 0 heterocycles. The van der Waals surface area contributed by atoms with Crippen LogP contribution in [0, 0.1) is 0 Å². The molecule has 0 aliphatic carbocycles. The summed E-state index contributed by atoms with van der Waals surface area (Å²) in [6.45, 7) is 0.237. The van der Waals surface area contributed by atoms with E-state index in [1.165, 1.54) is 24.3 Å². The number of alkyl halides is 3. The zero-order valence-corrected chi connectivity index (χ0v) is 9.17. The van der Waals surface area contributed by atoms with Gasteiger partial charge in [0, 0.05) is 6.42 Å². The molecule has 0 aliphatic rings. The van der Waals surface area contributed by atoms with Crippen LogP contribution in [-0.4, -0.2) is 25.7 Å². The van der Waals surface area contributed by atoms with Gasteiger partial charge >= 0.3 is 6.36 Å². The van der Waals surface area contributed by atoms with Crippen LogP contribution in [0.4, 0.5) is 13.2 Å². The number of Topliss-reactive ketones (excluding diaryl/α,β-unsaturated/α-hetero) is 1. The lowest BCUT2D eigenvalue weighted by molar-refractivity contribution is -0.274. The van der Waals surface area contributed by atoms with E-state index in [1.54, 1.807) is 7.05 Å². The van der Waals surface area contributed by atoms with Crippen molar-refractivity contribution in [1.82, 2.24) is 5.32 Å². The van der Waals surface area contributed by atoms with Crippen LogP contribution in [-0.2, 0) is 11.2 Å². The van der Waals surface area contributed by atoms with Gasteiger partial charge < -0.3 is 10.1 Å². The third-order valence-electron chi connectivity index (χ3n) is 1.93. The summed E-state index contributed by atoms with van der Waals surface area (Å²) in [6.07, 6.45) is -4.50. The predicted octanol–water partition coefficient (Wildman–Crippen LogP) is 1.92. The number of likely N-dealkylation sites (N-methyl/N-ethyl adjacent to an activating group) is 1. The molecule has 0 bridgehead atoms. The normalized spacial score (nSPS) is 11.3. The Morgan fingerprint density at radius 1 is 1.29 bits per heavy atom. The molecule has 3 nitrogen and oxygen atoms in total. The van der Waals surface area contributed by atoms with Gasteiger partial charge in [-0.2, -0.15) is 0 Å². The minimum atomic E-state index is -4.69. The van der Waals surface area contributed by atoms with Crippen molar-refractivity contribution >= 4 is 5.78 Å². The Kier molecular flexibility index (Phi) is 4.51. The predicted molar refractivity (Wildman–Crippen MR) is 55.8 cm³/mol. The van der Waals surface area contributed by atoms with Gasteiger partial charge in [-0.05, 0) is 24.7 Å². The summed E-state index contributed by atoms with van der Waals surface area (Å²) in [6, 6.07) is 5.26. The Morgan fingerprint density at radius 2 is 1.88 bits per heavy atom. The fourth-order valence-corrected chi connectivity index (χ4v) is 1.30. The second-order valence-electron chi connectivity index (χ2n) is 3.44. The van der Waals surface area contributed by atoms with E-state index < -0.39 is 6.36 Å². The minimum Gasteiger partial charge on any atom is -0.406 e. The highest BCUT2D eigenvalue weighted by Crippen LogP contribution is 2.22. The van der Waals surface area contributed by atoms with Gasteiger partial charge in [-0.25, -0.2) is 0 Å². The molecule has 0 fully saturated rings. The van der Waals surface area contributed by atoms with E-state index in [0.717, 1.165) is 0 Å². The van der Waals surface area contributed by atoms with Crippen molar-refractivity contribution in [2.24, 2.45) is 0 Å². The number of hydrogen-bond acceptors (Lipinski definition) is 3. The van der Waals surface area contributed by atoms with E-state index in [-0.39, 0.29) is 24.5 Å². The van der Waals surface area contributed by atoms with Crippen LogP contribution >= 0.6 is 0 Å². The zero-order valence-electron chi connectivity index (χ0n) is 9.17. The standard InChI is InChI=1S/C11H12F3NO2/c1-15-7-9(16)6-8-2-4-10(5-3-8)17-11(12,13)14/h2-5,15H,6-7H2,1H3. The number of hydrogen-bond donors (Lipinski definition) is 1. The largest absolute Gasteiger partial charge is 0.573 e. The molecule has 0 aromatic heterocycles. The topological polar surface area (TPSA) is 38.3 Å². The second-order valence-corrected chi connectivity index (χ2v) is 3.44. The average molecular weight is 247 g/mol. The van der Waals surface area contributed by atoms with Crippen LogP contribution in [0.25, 0.3) is 0 Å². The molecule has 0 spiro atoms. The van der Waals surface area contributed by atoms with E-state index in [0.29, 0.717) is 5.56 Å². The highest BCUT2D eigenvalue weighted by molar-refractivity contribution is 5.82. The lowest BCUT2D eigenvalue weighted by Gasteiger charge is -2.09. The number of ether oxygens (including phenoxy) is 1. The van der Waals surface area contributed by atoms with Crippen LogP contribution in [0.3, 0.4) is 0 Å². The number of carbonyl (C=O) groups is 1. The van der Waals surface area contributed by atoms with E-state index in [9.17, 15) is 18.0 Å². The molecule has 0 aliphatic heterocycles. The van der Waals surface area contributed by atoms with E-state index in [1.807, 2.05) is 0 Å². The summed E-state index contributed by atoms with van der Waals surface area (Å²) in [5.41, 5.74) is 0.653. The lowest BCUT2D eigenvalue weighted by Crippen LogP contribution is -2.20. The maximum atomic E-state index is 11.9. The van der Waals surface area contributed by atoms with Crippen molar-refractivity contribution in [3.05, 3.63) is 29.8 Å². The maximum Gasteiger partial charge on any atom is 0.573 e. The maximum absolute atomic E-state index is 11.9. The van der Waals surface area contributed by atoms with Crippen LogP contribution in [0.15, 0.2) is 24.3 Å². The third kappa shape index (κ3) is 5.35. The molecule has 1 aromatic carbocycles. The smallest absolute Gasteiger partial charge is 0.406 e. The molecule has 0 atom stereocenters. The number of halogens is 3. The molecule has 0 radical (unpaired) electrons. The molecule has 0 amide bonds. The van der Waals surface area contributed by atoms with Crippen molar-refractivity contribution < 1.29 is 22.7 Å². The highest BCUT2D eigenvalue weighted by Gasteiger charge is 2.30. The van der Waals surface area contributed by atoms with Gasteiger partial charge in [0.15, 0.2) is 5.78 Å². The molecule has 0 saturated heterocycles. The Bertz CT molecular complexity index is 373. The first kappa shape index (κ1) is 13.5. The van der Waals surface area contributed by atoms with Gasteiger partial charge in [0.25, 0.3) is 0 Å². The highest BCUT2D eigenvalue weighted by atomic mass is 19.4. The molecular weight excluding hydrogens is 235 g/mol. The van der Waals surface area contributed by atoms with Crippen LogP contribution in [0.5, 0.6) is 5.75 Å². The average Bonchev–Trinajstić information content (AvgIpc) is 2.19. The van der Waals surface area contributed by atoms with Gasteiger partial charge in [0.1, 0.15) is 5.75 Å². The molecule has 17 heavy (non-hydrogen) atoms. The van der Waals surface area contributed by atoms with Crippen LogP contribution in [0.1, 0.15) is 5.56 Å². The molecule has 1 rings (SSSR count). The van der Waals surface area contributed by atoms with Gasteiger partial charge in [-0.15, -0.1) is 13.2 Å². The molecule has 1 N–H and O–H groups in total. The minimum absolute atomic E-state index is 0.0306. The Morgan fingerprint density at radius 3 is 2.35 bits per heavy atom. The van der Waals surface area contributed by atoms with Gasteiger partial charge in [-0.1, -0.05) is 12.1 Å². The zero-order chi connectivity index (χ0) is 12.9. The first-order chi connectivity index (χ1) is 7.90. The second kappa shape index (κ2) is 5.67. The quantitative estimate of drug-likeness (QED) is 0.863. The SMILES string of the molecule is CNCC(=O)Cc1ccc(OC(F)(F)F)cc1. The van der Waals surface area contributed by atoms with Crippen molar-refractivity contribution in [2.75, 3.05) is 13.6 Å². The summed E-state index contributed by atoms with van der Waals surface area (Å²) in [5.74, 6) is -0.320. The lowest BCUT2D eigenvalue weighted by atomic mass is 10.1. The number of carbonyl (C=O) groups excluding carboxylic acids is 1. The van der Waals surface area contributed by atoms with Crippen LogP contribution < -0.4 is 10.1 Å². The number of nitrogens with one attached hydrogen (secondary N) is 1. The van der Waals surface area contributed by atoms with Crippen molar-refractivity contribution in [3.8, 4) is 5.75 Å².